The molecular formula is C15H13FN4OS. The van der Waals surface area contributed by atoms with E-state index < -0.39 is 11.7 Å². The molecule has 4 N–H and O–H groups in total. The quantitative estimate of drug-likeness (QED) is 0.677. The molecule has 0 spiro atoms. The molecule has 0 fully saturated rings. The van der Waals surface area contributed by atoms with Crippen LogP contribution in [0.15, 0.2) is 18.2 Å². The average molecular weight is 316 g/mol. The molecule has 1 aliphatic rings. The maximum absolute atomic E-state index is 13.6. The molecule has 3 aromatic rings. The summed E-state index contributed by atoms with van der Waals surface area (Å²) >= 11 is 1.68. The molecule has 0 aliphatic carbocycles. The first-order chi connectivity index (χ1) is 10.6. The molecule has 5 nitrogen and oxygen atoms in total. The number of hydrogen-bond acceptors (Lipinski definition) is 4. The van der Waals surface area contributed by atoms with Crippen LogP contribution >= 0.6 is 11.3 Å². The molecule has 3 heterocycles. The summed E-state index contributed by atoms with van der Waals surface area (Å²) in [4.78, 5) is 21.3. The number of nitrogens with one attached hydrogen (secondary N) is 2. The lowest BCUT2D eigenvalue weighted by Crippen LogP contribution is -2.21. The molecular weight excluding hydrogens is 303 g/mol. The number of nitrogens with zero attached hydrogens (tertiary/aromatic N) is 1. The molecule has 0 unspecified atom stereocenters. The summed E-state index contributed by atoms with van der Waals surface area (Å²) in [6.07, 6.45) is 1.00. The van der Waals surface area contributed by atoms with E-state index in [1.807, 2.05) is 0 Å². The number of carbonyl (C=O) groups is 1. The number of halogens is 1. The molecule has 4 rings (SSSR count). The van der Waals surface area contributed by atoms with Gasteiger partial charge in [-0.25, -0.2) is 9.37 Å². The van der Waals surface area contributed by atoms with Crippen LogP contribution in [0.4, 0.5) is 4.39 Å². The van der Waals surface area contributed by atoms with Gasteiger partial charge in [0.1, 0.15) is 17.2 Å². The monoisotopic (exact) mass is 316 g/mol. The third-order valence-corrected chi connectivity index (χ3v) is 5.03. The van der Waals surface area contributed by atoms with Crippen molar-refractivity contribution in [2.24, 2.45) is 5.73 Å². The van der Waals surface area contributed by atoms with Crippen molar-refractivity contribution in [1.82, 2.24) is 15.3 Å². The topological polar surface area (TPSA) is 83.8 Å². The van der Waals surface area contributed by atoms with Gasteiger partial charge < -0.3 is 16.0 Å². The van der Waals surface area contributed by atoms with Gasteiger partial charge in [-0.15, -0.1) is 11.3 Å². The summed E-state index contributed by atoms with van der Waals surface area (Å²) < 4.78 is 13.6. The summed E-state index contributed by atoms with van der Waals surface area (Å²) in [5.41, 5.74) is 7.57. The minimum absolute atomic E-state index is 0.0977. The van der Waals surface area contributed by atoms with Crippen LogP contribution in [-0.4, -0.2) is 22.4 Å². The standard InChI is InChI=1S/C15H13FN4OS/c16-8-4-9(14(17)21)13-10(5-8)19-15(20-13)12-3-7-6-18-2-1-11(7)22-12/h3-5,18H,1-2,6H2,(H2,17,21)(H,19,20). The second kappa shape index (κ2) is 4.89. The van der Waals surface area contributed by atoms with Gasteiger partial charge in [0, 0.05) is 18.0 Å². The van der Waals surface area contributed by atoms with Crippen LogP contribution in [0.1, 0.15) is 20.8 Å². The van der Waals surface area contributed by atoms with Crippen LogP contribution in [-0.2, 0) is 13.0 Å². The summed E-state index contributed by atoms with van der Waals surface area (Å²) in [6.45, 7) is 1.83. The van der Waals surface area contributed by atoms with E-state index in [4.69, 9.17) is 5.73 Å². The molecule has 1 aromatic carbocycles. The summed E-state index contributed by atoms with van der Waals surface area (Å²) in [5, 5.41) is 3.33. The smallest absolute Gasteiger partial charge is 0.251 e. The lowest BCUT2D eigenvalue weighted by molar-refractivity contribution is 0.100. The van der Waals surface area contributed by atoms with Gasteiger partial charge in [-0.3, -0.25) is 4.79 Å². The average Bonchev–Trinajstić information content (AvgIpc) is 3.09. The lowest BCUT2D eigenvalue weighted by Gasteiger charge is -2.10. The van der Waals surface area contributed by atoms with Crippen LogP contribution in [0.2, 0.25) is 0 Å². The predicted molar refractivity (Wildman–Crippen MR) is 83.3 cm³/mol. The Balaban J connectivity index is 1.87. The third-order valence-electron chi connectivity index (χ3n) is 3.79. The second-order valence-corrected chi connectivity index (χ2v) is 6.42. The highest BCUT2D eigenvalue weighted by Crippen LogP contribution is 2.33. The zero-order valence-electron chi connectivity index (χ0n) is 11.6. The van der Waals surface area contributed by atoms with Gasteiger partial charge in [0.2, 0.25) is 0 Å². The second-order valence-electron chi connectivity index (χ2n) is 5.29. The number of fused-ring (bicyclic) bond motifs is 2. The summed E-state index contributed by atoms with van der Waals surface area (Å²) in [7, 11) is 0. The van der Waals surface area contributed by atoms with Gasteiger partial charge in [0.05, 0.1) is 16.0 Å². The number of nitrogens with two attached hydrogens (primary N) is 1. The van der Waals surface area contributed by atoms with Crippen LogP contribution in [0.25, 0.3) is 21.7 Å². The number of carbonyl (C=O) groups excluding carboxylic acids is 1. The van der Waals surface area contributed by atoms with Crippen molar-refractivity contribution >= 4 is 28.3 Å². The Bertz CT molecular complexity index is 875. The first kappa shape index (κ1) is 13.4. The van der Waals surface area contributed by atoms with E-state index >= 15 is 0 Å². The molecule has 22 heavy (non-hydrogen) atoms. The van der Waals surface area contributed by atoms with Crippen molar-refractivity contribution < 1.29 is 9.18 Å². The maximum Gasteiger partial charge on any atom is 0.251 e. The van der Waals surface area contributed by atoms with E-state index in [0.29, 0.717) is 16.9 Å². The van der Waals surface area contributed by atoms with Gasteiger partial charge in [0.25, 0.3) is 5.91 Å². The van der Waals surface area contributed by atoms with Crippen molar-refractivity contribution in [1.29, 1.82) is 0 Å². The number of primary amides is 1. The van der Waals surface area contributed by atoms with E-state index in [1.165, 1.54) is 16.5 Å². The number of benzene rings is 1. The highest BCUT2D eigenvalue weighted by atomic mass is 32.1. The van der Waals surface area contributed by atoms with Gasteiger partial charge >= 0.3 is 0 Å². The van der Waals surface area contributed by atoms with Gasteiger partial charge in [-0.1, -0.05) is 0 Å². The summed E-state index contributed by atoms with van der Waals surface area (Å²) in [5.74, 6) is -0.550. The molecule has 0 atom stereocenters. The Morgan fingerprint density at radius 2 is 2.23 bits per heavy atom. The molecule has 0 radical (unpaired) electrons. The highest BCUT2D eigenvalue weighted by Gasteiger charge is 2.18. The minimum Gasteiger partial charge on any atom is -0.366 e. The molecule has 0 saturated carbocycles. The largest absolute Gasteiger partial charge is 0.366 e. The highest BCUT2D eigenvalue weighted by molar-refractivity contribution is 7.15. The maximum atomic E-state index is 13.6. The van der Waals surface area contributed by atoms with Crippen LogP contribution in [0, 0.1) is 5.82 Å². The number of rotatable bonds is 2. The number of hydrogen-bond donors (Lipinski definition) is 3. The van der Waals surface area contributed by atoms with Crippen molar-refractivity contribution in [3.63, 3.8) is 0 Å². The van der Waals surface area contributed by atoms with Crippen LogP contribution in [0.3, 0.4) is 0 Å². The molecule has 1 amide bonds. The zero-order valence-corrected chi connectivity index (χ0v) is 12.4. The SMILES string of the molecule is NC(=O)c1cc(F)cc2[nH]c(-c3cc4c(s3)CCNC4)nc12. The number of thiophene rings is 1. The summed E-state index contributed by atoms with van der Waals surface area (Å²) in [6, 6.07) is 4.54. The van der Waals surface area contributed by atoms with Crippen LogP contribution < -0.4 is 11.1 Å². The fourth-order valence-corrected chi connectivity index (χ4v) is 3.88. The fourth-order valence-electron chi connectivity index (χ4n) is 2.76. The molecule has 1 aliphatic heterocycles. The van der Waals surface area contributed by atoms with Crippen molar-refractivity contribution in [3.8, 4) is 10.7 Å². The fraction of sp³-hybridized carbons (Fsp3) is 0.200. The molecule has 2 aromatic heterocycles. The zero-order chi connectivity index (χ0) is 15.3. The number of aromatic amines is 1. The Labute approximate surface area is 129 Å². The molecule has 7 heteroatoms. The van der Waals surface area contributed by atoms with Gasteiger partial charge in [0.15, 0.2) is 0 Å². The van der Waals surface area contributed by atoms with Crippen molar-refractivity contribution in [2.45, 2.75) is 13.0 Å². The lowest BCUT2D eigenvalue weighted by atomic mass is 10.1. The predicted octanol–water partition coefficient (Wildman–Crippen LogP) is 2.18. The normalized spacial score (nSPS) is 14.2. The van der Waals surface area contributed by atoms with Crippen molar-refractivity contribution in [2.75, 3.05) is 6.54 Å². The minimum atomic E-state index is -0.683. The Morgan fingerprint density at radius 1 is 1.36 bits per heavy atom. The first-order valence-corrected chi connectivity index (χ1v) is 7.75. The Kier molecular flexibility index (Phi) is 2.98. The van der Waals surface area contributed by atoms with Gasteiger partial charge in [-0.05, 0) is 30.2 Å². The Hall–Kier alpha value is -2.25. The number of amides is 1. The van der Waals surface area contributed by atoms with E-state index in [1.54, 1.807) is 11.3 Å². The molecule has 112 valence electrons. The van der Waals surface area contributed by atoms with E-state index in [2.05, 4.69) is 21.4 Å². The first-order valence-electron chi connectivity index (χ1n) is 6.93. The number of aromatic nitrogens is 2. The van der Waals surface area contributed by atoms with E-state index in [0.717, 1.165) is 30.5 Å². The Morgan fingerprint density at radius 3 is 3.00 bits per heavy atom. The molecule has 0 saturated heterocycles. The molecule has 0 bridgehead atoms. The number of imidazole rings is 1. The van der Waals surface area contributed by atoms with Crippen LogP contribution in [0.5, 0.6) is 0 Å². The third kappa shape index (κ3) is 2.10. The number of H-pyrrole nitrogens is 1. The van der Waals surface area contributed by atoms with Crippen molar-refractivity contribution in [3.05, 3.63) is 40.0 Å². The van der Waals surface area contributed by atoms with E-state index in [-0.39, 0.29) is 5.56 Å². The van der Waals surface area contributed by atoms with E-state index in [9.17, 15) is 9.18 Å². The van der Waals surface area contributed by atoms with Gasteiger partial charge in [-0.2, -0.15) is 0 Å².